The highest BCUT2D eigenvalue weighted by molar-refractivity contribution is 6.67. The monoisotopic (exact) mass is 409 g/mol. The van der Waals surface area contributed by atoms with Crippen molar-refractivity contribution >= 4 is 69.9 Å². The van der Waals surface area contributed by atoms with Crippen LogP contribution in [0.1, 0.15) is 12.6 Å². The summed E-state index contributed by atoms with van der Waals surface area (Å²) >= 11 is 29.1. The molecule has 0 spiro atoms. The van der Waals surface area contributed by atoms with Gasteiger partial charge in [-0.15, -0.1) is 0 Å². The quantitative estimate of drug-likeness (QED) is 0.556. The van der Waals surface area contributed by atoms with E-state index in [0.717, 1.165) is 6.92 Å². The fourth-order valence-electron chi connectivity index (χ4n) is 1.22. The lowest BCUT2D eigenvalue weighted by Crippen LogP contribution is -2.19. The summed E-state index contributed by atoms with van der Waals surface area (Å²) in [5.41, 5.74) is -0.240. The third kappa shape index (κ3) is 4.93. The Morgan fingerprint density at radius 3 is 2.23 bits per heavy atom. The molecule has 1 aromatic rings. The normalized spacial score (nSPS) is 11.0. The molecule has 122 valence electrons. The number of nitrogens with zero attached hydrogens (tertiary/aromatic N) is 1. The van der Waals surface area contributed by atoms with Crippen LogP contribution in [0.15, 0.2) is 0 Å². The van der Waals surface area contributed by atoms with E-state index in [9.17, 15) is 9.59 Å². The summed E-state index contributed by atoms with van der Waals surface area (Å²) in [4.78, 5) is 26.1. The summed E-state index contributed by atoms with van der Waals surface area (Å²) < 4.78 is 12.3. The highest BCUT2D eigenvalue weighted by Gasteiger charge is 2.33. The first-order chi connectivity index (χ1) is 10.1. The maximum Gasteiger partial charge on any atom is 0.349 e. The van der Waals surface area contributed by atoms with Crippen LogP contribution < -0.4 is 9.47 Å². The van der Waals surface area contributed by atoms with Gasteiger partial charge >= 0.3 is 11.9 Å². The van der Waals surface area contributed by atoms with Gasteiger partial charge in [0.1, 0.15) is 15.7 Å². The van der Waals surface area contributed by atoms with Crippen molar-refractivity contribution in [1.82, 2.24) is 4.98 Å². The van der Waals surface area contributed by atoms with E-state index in [0.29, 0.717) is 0 Å². The maximum atomic E-state index is 11.6. The molecule has 0 amide bonds. The number of rotatable bonds is 4. The van der Waals surface area contributed by atoms with Gasteiger partial charge in [0.15, 0.2) is 12.4 Å². The Hall–Kier alpha value is -0.660. The van der Waals surface area contributed by atoms with E-state index < -0.39 is 22.3 Å². The van der Waals surface area contributed by atoms with Crippen LogP contribution in [0.25, 0.3) is 0 Å². The molecular weight excluding hydrogens is 403 g/mol. The van der Waals surface area contributed by atoms with Crippen molar-refractivity contribution in [2.75, 3.05) is 13.7 Å². The average Bonchev–Trinajstić information content (AvgIpc) is 2.40. The first-order valence-electron chi connectivity index (χ1n) is 5.42. The highest BCUT2D eigenvalue weighted by Crippen LogP contribution is 2.48. The molecule has 0 bridgehead atoms. The number of pyridine rings is 1. The van der Waals surface area contributed by atoms with E-state index in [1.54, 1.807) is 0 Å². The Labute approximate surface area is 150 Å². The van der Waals surface area contributed by atoms with Gasteiger partial charge in [-0.2, -0.15) is 0 Å². The lowest BCUT2D eigenvalue weighted by Gasteiger charge is -2.17. The molecule has 1 aromatic heterocycles. The number of halogens is 5. The number of alkyl halides is 3. The smallest absolute Gasteiger partial charge is 0.349 e. The zero-order valence-electron chi connectivity index (χ0n) is 11.1. The minimum atomic E-state index is -2.01. The fourth-order valence-corrected chi connectivity index (χ4v) is 2.39. The van der Waals surface area contributed by atoms with Gasteiger partial charge in [-0.1, -0.05) is 58.0 Å². The summed E-state index contributed by atoms with van der Waals surface area (Å²) in [5.74, 6) is -2.10. The number of esters is 2. The molecule has 0 aliphatic heterocycles. The van der Waals surface area contributed by atoms with Gasteiger partial charge < -0.3 is 14.2 Å². The number of methoxy groups -OCH3 is 1. The topological polar surface area (TPSA) is 74.7 Å². The molecule has 0 saturated heterocycles. The summed E-state index contributed by atoms with van der Waals surface area (Å²) in [6, 6.07) is 0. The number of hydrogen-bond donors (Lipinski definition) is 0. The van der Waals surface area contributed by atoms with Crippen LogP contribution in [0, 0.1) is 0 Å². The SMILES string of the molecule is COc1nc(C(Cl)(Cl)Cl)c(Cl)c(OC(=O)COC(C)=O)c1Cl. The summed E-state index contributed by atoms with van der Waals surface area (Å²) in [6.07, 6.45) is 0. The van der Waals surface area contributed by atoms with Gasteiger partial charge in [0.25, 0.3) is 0 Å². The van der Waals surface area contributed by atoms with Crippen molar-refractivity contribution in [3.8, 4) is 11.6 Å². The number of carbonyl (C=O) groups excluding carboxylic acids is 2. The first kappa shape index (κ1) is 19.4. The fraction of sp³-hybridized carbons (Fsp3) is 0.364. The van der Waals surface area contributed by atoms with Gasteiger partial charge in [-0.25, -0.2) is 9.78 Å². The number of aromatic nitrogens is 1. The second-order valence-electron chi connectivity index (χ2n) is 3.68. The van der Waals surface area contributed by atoms with Gasteiger partial charge in [0, 0.05) is 6.92 Å². The minimum absolute atomic E-state index is 0.164. The molecule has 0 aliphatic rings. The van der Waals surface area contributed by atoms with Crippen molar-refractivity contribution < 1.29 is 23.8 Å². The predicted molar refractivity (Wildman–Crippen MR) is 82.3 cm³/mol. The number of ether oxygens (including phenoxy) is 3. The molecule has 11 heteroatoms. The van der Waals surface area contributed by atoms with Gasteiger partial charge in [0.2, 0.25) is 9.67 Å². The Balaban J connectivity index is 3.22. The molecule has 0 saturated carbocycles. The first-order valence-corrected chi connectivity index (χ1v) is 7.31. The van der Waals surface area contributed by atoms with Crippen LogP contribution in [0.3, 0.4) is 0 Å². The Bertz CT molecular complexity index is 602. The van der Waals surface area contributed by atoms with Crippen molar-refractivity contribution in [3.63, 3.8) is 0 Å². The van der Waals surface area contributed by atoms with E-state index in [1.807, 2.05) is 0 Å². The minimum Gasteiger partial charge on any atom is -0.480 e. The average molecular weight is 411 g/mol. The molecule has 0 aliphatic carbocycles. The molecular formula is C11H8Cl5NO5. The van der Waals surface area contributed by atoms with Crippen molar-refractivity contribution in [2.24, 2.45) is 0 Å². The highest BCUT2D eigenvalue weighted by atomic mass is 35.6. The molecule has 1 rings (SSSR count). The molecule has 22 heavy (non-hydrogen) atoms. The van der Waals surface area contributed by atoms with Crippen molar-refractivity contribution in [3.05, 3.63) is 15.7 Å². The molecule has 6 nitrogen and oxygen atoms in total. The zero-order valence-corrected chi connectivity index (χ0v) is 14.9. The van der Waals surface area contributed by atoms with E-state index in [4.69, 9.17) is 67.5 Å². The van der Waals surface area contributed by atoms with Crippen LogP contribution in [0.4, 0.5) is 0 Å². The second-order valence-corrected chi connectivity index (χ2v) is 6.72. The Kier molecular flexibility index (Phi) is 6.83. The molecule has 0 aromatic carbocycles. The molecule has 0 fully saturated rings. The Morgan fingerprint density at radius 2 is 1.77 bits per heavy atom. The molecule has 0 unspecified atom stereocenters. The van der Waals surface area contributed by atoms with E-state index >= 15 is 0 Å². The number of carbonyl (C=O) groups is 2. The van der Waals surface area contributed by atoms with Crippen LogP contribution in [0.5, 0.6) is 11.6 Å². The molecule has 1 heterocycles. The van der Waals surface area contributed by atoms with E-state index in [-0.39, 0.29) is 27.4 Å². The van der Waals surface area contributed by atoms with Gasteiger partial charge in [-0.05, 0) is 0 Å². The Morgan fingerprint density at radius 1 is 1.18 bits per heavy atom. The van der Waals surface area contributed by atoms with Crippen LogP contribution >= 0.6 is 58.0 Å². The van der Waals surface area contributed by atoms with E-state index in [1.165, 1.54) is 7.11 Å². The summed E-state index contributed by atoms with van der Waals surface area (Å²) in [5, 5.41) is -0.497. The lowest BCUT2D eigenvalue weighted by atomic mass is 10.3. The van der Waals surface area contributed by atoms with Crippen LogP contribution in [-0.2, 0) is 18.1 Å². The van der Waals surface area contributed by atoms with Crippen molar-refractivity contribution in [1.29, 1.82) is 0 Å². The lowest BCUT2D eigenvalue weighted by molar-refractivity contribution is -0.152. The summed E-state index contributed by atoms with van der Waals surface area (Å²) in [7, 11) is 1.26. The largest absolute Gasteiger partial charge is 0.480 e. The zero-order chi connectivity index (χ0) is 17.1. The second kappa shape index (κ2) is 7.75. The molecule has 0 radical (unpaired) electrons. The maximum absolute atomic E-state index is 11.6. The molecule has 0 N–H and O–H groups in total. The van der Waals surface area contributed by atoms with Crippen LogP contribution in [0.2, 0.25) is 10.0 Å². The van der Waals surface area contributed by atoms with Gasteiger partial charge in [0.05, 0.1) is 7.11 Å². The van der Waals surface area contributed by atoms with Crippen LogP contribution in [-0.4, -0.2) is 30.6 Å². The number of hydrogen-bond acceptors (Lipinski definition) is 6. The van der Waals surface area contributed by atoms with E-state index in [2.05, 4.69) is 9.72 Å². The third-order valence-corrected chi connectivity index (χ3v) is 3.30. The predicted octanol–water partition coefficient (Wildman–Crippen LogP) is 3.69. The third-order valence-electron chi connectivity index (χ3n) is 2.08. The summed E-state index contributed by atoms with van der Waals surface area (Å²) in [6.45, 7) is 0.485. The standard InChI is InChI=1S/C11H8Cl5NO5/c1-4(18)21-3-5(19)22-8-6(12)9(11(14,15)16)17-10(20-2)7(8)13/h3H2,1-2H3. The van der Waals surface area contributed by atoms with Crippen molar-refractivity contribution in [2.45, 2.75) is 10.7 Å². The molecule has 0 atom stereocenters. The van der Waals surface area contributed by atoms with Gasteiger partial charge in [-0.3, -0.25) is 4.79 Å².